The number of nitriles is 1. The number of hydrogen-bond acceptors (Lipinski definition) is 3. The van der Waals surface area contributed by atoms with Gasteiger partial charge in [-0.15, -0.1) is 11.3 Å². The highest BCUT2D eigenvalue weighted by atomic mass is 32.1. The molecule has 106 valence electrons. The summed E-state index contributed by atoms with van der Waals surface area (Å²) in [6.45, 7) is 0. The molecule has 3 nitrogen and oxygen atoms in total. The fourth-order valence-electron chi connectivity index (χ4n) is 3.01. The zero-order valence-electron chi connectivity index (χ0n) is 11.7. The summed E-state index contributed by atoms with van der Waals surface area (Å²) in [6, 6.07) is 2.33. The van der Waals surface area contributed by atoms with Crippen LogP contribution in [0.4, 0.5) is 5.00 Å². The fourth-order valence-corrected chi connectivity index (χ4v) is 4.25. The third-order valence-electron chi connectivity index (χ3n) is 4.50. The van der Waals surface area contributed by atoms with Gasteiger partial charge < -0.3 is 5.32 Å². The molecule has 0 aliphatic heterocycles. The van der Waals surface area contributed by atoms with Crippen molar-refractivity contribution < 1.29 is 4.79 Å². The molecule has 3 rings (SSSR count). The summed E-state index contributed by atoms with van der Waals surface area (Å²) in [5.74, 6) is 0.285. The van der Waals surface area contributed by atoms with Crippen molar-refractivity contribution >= 4 is 22.2 Å². The number of nitrogens with zero attached hydrogens (tertiary/aromatic N) is 1. The van der Waals surface area contributed by atoms with Gasteiger partial charge in [0, 0.05) is 10.8 Å². The van der Waals surface area contributed by atoms with Crippen molar-refractivity contribution in [3.8, 4) is 6.07 Å². The monoisotopic (exact) mass is 288 g/mol. The Hall–Kier alpha value is -1.34. The third-order valence-corrected chi connectivity index (χ3v) is 5.70. The van der Waals surface area contributed by atoms with Crippen molar-refractivity contribution in [1.82, 2.24) is 0 Å². The van der Waals surface area contributed by atoms with Gasteiger partial charge in [0.25, 0.3) is 0 Å². The number of hydrogen-bond donors (Lipinski definition) is 1. The molecule has 0 unspecified atom stereocenters. The van der Waals surface area contributed by atoms with E-state index in [1.165, 1.54) is 29.7 Å². The lowest BCUT2D eigenvalue weighted by atomic mass is 9.85. The van der Waals surface area contributed by atoms with E-state index in [1.807, 2.05) is 0 Å². The van der Waals surface area contributed by atoms with Crippen LogP contribution in [0.25, 0.3) is 0 Å². The topological polar surface area (TPSA) is 52.9 Å². The lowest BCUT2D eigenvalue weighted by Crippen LogP contribution is -2.27. The number of anilines is 1. The molecule has 0 spiro atoms. The average molecular weight is 288 g/mol. The predicted octanol–water partition coefficient (Wildman–Crippen LogP) is 4.02. The van der Waals surface area contributed by atoms with Crippen LogP contribution in [0.3, 0.4) is 0 Å². The van der Waals surface area contributed by atoms with Crippen molar-refractivity contribution in [3.05, 3.63) is 16.0 Å². The molecule has 0 aromatic carbocycles. The second kappa shape index (κ2) is 5.97. The van der Waals surface area contributed by atoms with Crippen molar-refractivity contribution in [2.24, 2.45) is 5.92 Å². The van der Waals surface area contributed by atoms with E-state index in [0.717, 1.165) is 49.1 Å². The zero-order valence-corrected chi connectivity index (χ0v) is 12.5. The van der Waals surface area contributed by atoms with E-state index in [4.69, 9.17) is 0 Å². The number of amides is 1. The second-order valence-corrected chi connectivity index (χ2v) is 6.96. The SMILES string of the molecule is N#Cc1c(NC(=O)C2CCC2)sc2c1CCCCCC2. The Morgan fingerprint density at radius 3 is 2.55 bits per heavy atom. The second-order valence-electron chi connectivity index (χ2n) is 5.85. The summed E-state index contributed by atoms with van der Waals surface area (Å²) in [5, 5.41) is 13.3. The standard InChI is InChI=1S/C16H20N2OS/c17-10-13-12-8-3-1-2-4-9-14(12)20-16(13)18-15(19)11-6-5-7-11/h11H,1-9H2,(H,18,19). The smallest absolute Gasteiger partial charge is 0.228 e. The van der Waals surface area contributed by atoms with Crippen LogP contribution >= 0.6 is 11.3 Å². The predicted molar refractivity (Wildman–Crippen MR) is 80.9 cm³/mol. The molecule has 1 fully saturated rings. The first-order valence-corrected chi connectivity index (χ1v) is 8.46. The van der Waals surface area contributed by atoms with Crippen LogP contribution in [0.1, 0.15) is 60.9 Å². The summed E-state index contributed by atoms with van der Waals surface area (Å²) in [7, 11) is 0. The van der Waals surface area contributed by atoms with E-state index >= 15 is 0 Å². The Morgan fingerprint density at radius 2 is 1.90 bits per heavy atom. The molecule has 1 aromatic rings. The van der Waals surface area contributed by atoms with Crippen LogP contribution in [0.2, 0.25) is 0 Å². The van der Waals surface area contributed by atoms with Crippen molar-refractivity contribution in [3.63, 3.8) is 0 Å². The quantitative estimate of drug-likeness (QED) is 0.893. The maximum Gasteiger partial charge on any atom is 0.228 e. The molecule has 0 bridgehead atoms. The van der Waals surface area contributed by atoms with E-state index in [1.54, 1.807) is 11.3 Å². The number of fused-ring (bicyclic) bond motifs is 1. The normalized spacial score (nSPS) is 19.1. The first-order chi connectivity index (χ1) is 9.79. The Kier molecular flexibility index (Phi) is 4.07. The van der Waals surface area contributed by atoms with Gasteiger partial charge in [0.1, 0.15) is 11.1 Å². The zero-order chi connectivity index (χ0) is 13.9. The molecule has 0 radical (unpaired) electrons. The van der Waals surface area contributed by atoms with Gasteiger partial charge in [0.2, 0.25) is 5.91 Å². The van der Waals surface area contributed by atoms with Crippen molar-refractivity contribution in [2.45, 2.75) is 57.8 Å². The van der Waals surface area contributed by atoms with Crippen LogP contribution in [-0.4, -0.2) is 5.91 Å². The summed E-state index contributed by atoms with van der Waals surface area (Å²) < 4.78 is 0. The molecule has 4 heteroatoms. The highest BCUT2D eigenvalue weighted by Gasteiger charge is 2.27. The fraction of sp³-hybridized carbons (Fsp3) is 0.625. The van der Waals surface area contributed by atoms with Gasteiger partial charge in [-0.1, -0.05) is 19.3 Å². The lowest BCUT2D eigenvalue weighted by molar-refractivity contribution is -0.122. The third kappa shape index (κ3) is 2.60. The molecule has 1 amide bonds. The van der Waals surface area contributed by atoms with E-state index in [0.29, 0.717) is 0 Å². The molecule has 1 aromatic heterocycles. The molecule has 1 N–H and O–H groups in total. The molecule has 0 atom stereocenters. The van der Waals surface area contributed by atoms with E-state index in [2.05, 4.69) is 11.4 Å². The van der Waals surface area contributed by atoms with Gasteiger partial charge in [-0.3, -0.25) is 4.79 Å². The maximum atomic E-state index is 12.1. The number of nitrogens with one attached hydrogen (secondary N) is 1. The molecule has 2 aliphatic carbocycles. The minimum absolute atomic E-state index is 0.113. The Labute approximate surface area is 124 Å². The Bertz CT molecular complexity index is 552. The highest BCUT2D eigenvalue weighted by molar-refractivity contribution is 7.16. The minimum atomic E-state index is 0.113. The highest BCUT2D eigenvalue weighted by Crippen LogP contribution is 2.37. The molecule has 0 saturated heterocycles. The van der Waals surface area contributed by atoms with Crippen LogP contribution in [0.5, 0.6) is 0 Å². The van der Waals surface area contributed by atoms with Gasteiger partial charge in [0.05, 0.1) is 5.56 Å². The molecule has 1 saturated carbocycles. The van der Waals surface area contributed by atoms with Gasteiger partial charge >= 0.3 is 0 Å². The van der Waals surface area contributed by atoms with Crippen molar-refractivity contribution in [1.29, 1.82) is 5.26 Å². The maximum absolute atomic E-state index is 12.1. The molecular weight excluding hydrogens is 268 g/mol. The summed E-state index contributed by atoms with van der Waals surface area (Å²) in [6.07, 6.45) is 10.1. The first-order valence-electron chi connectivity index (χ1n) is 7.65. The molecule has 20 heavy (non-hydrogen) atoms. The van der Waals surface area contributed by atoms with E-state index in [9.17, 15) is 10.1 Å². The summed E-state index contributed by atoms with van der Waals surface area (Å²) >= 11 is 1.63. The average Bonchev–Trinajstić information content (AvgIpc) is 2.63. The van der Waals surface area contributed by atoms with Gasteiger partial charge in [-0.05, 0) is 44.1 Å². The van der Waals surface area contributed by atoms with Gasteiger partial charge in [-0.2, -0.15) is 5.26 Å². The molecular formula is C16H20N2OS. The number of carbonyl (C=O) groups is 1. The van der Waals surface area contributed by atoms with Gasteiger partial charge in [0.15, 0.2) is 0 Å². The van der Waals surface area contributed by atoms with E-state index < -0.39 is 0 Å². The molecule has 2 aliphatic rings. The van der Waals surface area contributed by atoms with E-state index in [-0.39, 0.29) is 11.8 Å². The van der Waals surface area contributed by atoms with Crippen LogP contribution in [0.15, 0.2) is 0 Å². The first kappa shape index (κ1) is 13.6. The van der Waals surface area contributed by atoms with Crippen LogP contribution < -0.4 is 5.32 Å². The van der Waals surface area contributed by atoms with Crippen LogP contribution in [-0.2, 0) is 17.6 Å². The summed E-state index contributed by atoms with van der Waals surface area (Å²) in [5.41, 5.74) is 1.95. The van der Waals surface area contributed by atoms with Crippen LogP contribution in [0, 0.1) is 17.2 Å². The minimum Gasteiger partial charge on any atom is -0.316 e. The summed E-state index contributed by atoms with van der Waals surface area (Å²) in [4.78, 5) is 13.4. The Balaban J connectivity index is 1.84. The number of thiophene rings is 1. The lowest BCUT2D eigenvalue weighted by Gasteiger charge is -2.23. The van der Waals surface area contributed by atoms with Gasteiger partial charge in [-0.25, -0.2) is 0 Å². The Morgan fingerprint density at radius 1 is 1.15 bits per heavy atom. The largest absolute Gasteiger partial charge is 0.316 e. The number of rotatable bonds is 2. The number of aryl methyl sites for hydroxylation is 1. The van der Waals surface area contributed by atoms with Crippen molar-refractivity contribution in [2.75, 3.05) is 5.32 Å². The number of carbonyl (C=O) groups excluding carboxylic acids is 1. The molecule has 1 heterocycles.